The molecule has 20 heavy (non-hydrogen) atoms. The van der Waals surface area contributed by atoms with E-state index in [4.69, 9.17) is 5.26 Å². The number of hydrogen-bond acceptors (Lipinski definition) is 3. The van der Waals surface area contributed by atoms with E-state index in [0.717, 1.165) is 16.6 Å². The highest BCUT2D eigenvalue weighted by molar-refractivity contribution is 5.82. The van der Waals surface area contributed by atoms with Gasteiger partial charge in [0.2, 0.25) is 0 Å². The fourth-order valence-corrected chi connectivity index (χ4v) is 2.03. The zero-order chi connectivity index (χ0) is 13.9. The molecule has 0 aliphatic heterocycles. The minimum Gasteiger partial charge on any atom is -0.354 e. The highest BCUT2D eigenvalue weighted by Crippen LogP contribution is 2.21. The van der Waals surface area contributed by atoms with Crippen LogP contribution < -0.4 is 5.32 Å². The summed E-state index contributed by atoms with van der Waals surface area (Å²) in [5.74, 6) is -0.444. The van der Waals surface area contributed by atoms with Gasteiger partial charge in [-0.1, -0.05) is 18.2 Å². The molecule has 0 saturated carbocycles. The van der Waals surface area contributed by atoms with Gasteiger partial charge in [-0.3, -0.25) is 4.98 Å². The van der Waals surface area contributed by atoms with Crippen LogP contribution in [0.1, 0.15) is 5.56 Å². The third kappa shape index (κ3) is 2.43. The van der Waals surface area contributed by atoms with E-state index in [9.17, 15) is 4.39 Å². The summed E-state index contributed by atoms with van der Waals surface area (Å²) in [5, 5.41) is 12.9. The fraction of sp³-hybridized carbons (Fsp3) is 0. The SMILES string of the molecule is N#Cc1cc(F)cc(Nc2cnc3ccccc3c2)c1. The van der Waals surface area contributed by atoms with E-state index in [1.807, 2.05) is 36.4 Å². The fourth-order valence-electron chi connectivity index (χ4n) is 2.03. The van der Waals surface area contributed by atoms with E-state index in [1.54, 1.807) is 12.3 Å². The molecule has 0 aliphatic rings. The van der Waals surface area contributed by atoms with Gasteiger partial charge in [0.25, 0.3) is 0 Å². The number of nitrogens with zero attached hydrogens (tertiary/aromatic N) is 2. The molecule has 3 aromatic rings. The summed E-state index contributed by atoms with van der Waals surface area (Å²) in [6.07, 6.45) is 1.68. The topological polar surface area (TPSA) is 48.7 Å². The third-order valence-electron chi connectivity index (χ3n) is 2.91. The van der Waals surface area contributed by atoms with Crippen LogP contribution in [0, 0.1) is 17.1 Å². The normalized spacial score (nSPS) is 10.2. The largest absolute Gasteiger partial charge is 0.354 e. The molecule has 1 aromatic heterocycles. The van der Waals surface area contributed by atoms with Crippen LogP contribution >= 0.6 is 0 Å². The Bertz CT molecular complexity index is 821. The van der Waals surface area contributed by atoms with Gasteiger partial charge in [0.15, 0.2) is 0 Å². The van der Waals surface area contributed by atoms with Crippen molar-refractivity contribution in [1.29, 1.82) is 5.26 Å². The van der Waals surface area contributed by atoms with Crippen molar-refractivity contribution in [2.24, 2.45) is 0 Å². The lowest BCUT2D eigenvalue weighted by atomic mass is 10.2. The molecule has 3 nitrogen and oxygen atoms in total. The number of pyridine rings is 1. The van der Waals surface area contributed by atoms with Crippen molar-refractivity contribution < 1.29 is 4.39 Å². The highest BCUT2D eigenvalue weighted by atomic mass is 19.1. The van der Waals surface area contributed by atoms with Gasteiger partial charge in [0.1, 0.15) is 5.82 Å². The molecule has 0 amide bonds. The maximum Gasteiger partial charge on any atom is 0.126 e. The molecule has 0 saturated heterocycles. The second-order valence-corrected chi connectivity index (χ2v) is 4.38. The maximum atomic E-state index is 13.4. The lowest BCUT2D eigenvalue weighted by molar-refractivity contribution is 0.628. The number of anilines is 2. The molecule has 0 unspecified atom stereocenters. The second kappa shape index (κ2) is 4.98. The van der Waals surface area contributed by atoms with Crippen molar-refractivity contribution in [2.45, 2.75) is 0 Å². The number of fused-ring (bicyclic) bond motifs is 1. The van der Waals surface area contributed by atoms with Crippen LogP contribution in [0.3, 0.4) is 0 Å². The van der Waals surface area contributed by atoms with Crippen molar-refractivity contribution in [3.63, 3.8) is 0 Å². The predicted octanol–water partition coefficient (Wildman–Crippen LogP) is 3.99. The van der Waals surface area contributed by atoms with Gasteiger partial charge in [-0.05, 0) is 30.3 Å². The van der Waals surface area contributed by atoms with Crippen molar-refractivity contribution >= 4 is 22.3 Å². The van der Waals surface area contributed by atoms with Crippen molar-refractivity contribution in [2.75, 3.05) is 5.32 Å². The monoisotopic (exact) mass is 263 g/mol. The quantitative estimate of drug-likeness (QED) is 0.760. The van der Waals surface area contributed by atoms with E-state index in [2.05, 4.69) is 10.3 Å². The first-order chi connectivity index (χ1) is 9.74. The standard InChI is InChI=1S/C16H10FN3/c17-13-5-11(9-18)6-14(8-13)20-15-7-12-3-1-2-4-16(12)19-10-15/h1-8,10,20H. The predicted molar refractivity (Wildman–Crippen MR) is 76.1 cm³/mol. The van der Waals surface area contributed by atoms with Crippen molar-refractivity contribution in [3.05, 3.63) is 66.1 Å². The Morgan fingerprint density at radius 3 is 2.75 bits per heavy atom. The molecule has 1 N–H and O–H groups in total. The zero-order valence-corrected chi connectivity index (χ0v) is 10.5. The van der Waals surface area contributed by atoms with Gasteiger partial charge in [-0.15, -0.1) is 0 Å². The number of aromatic nitrogens is 1. The van der Waals surface area contributed by atoms with Gasteiger partial charge in [0, 0.05) is 11.1 Å². The molecule has 96 valence electrons. The first kappa shape index (κ1) is 12.1. The molecule has 3 rings (SSSR count). The van der Waals surface area contributed by atoms with E-state index >= 15 is 0 Å². The van der Waals surface area contributed by atoms with Gasteiger partial charge in [-0.25, -0.2) is 4.39 Å². The van der Waals surface area contributed by atoms with Crippen molar-refractivity contribution in [1.82, 2.24) is 4.98 Å². The third-order valence-corrected chi connectivity index (χ3v) is 2.91. The van der Waals surface area contributed by atoms with E-state index < -0.39 is 5.82 Å². The van der Waals surface area contributed by atoms with Crippen LogP contribution in [0.15, 0.2) is 54.7 Å². The Morgan fingerprint density at radius 1 is 1.05 bits per heavy atom. The summed E-state index contributed by atoms with van der Waals surface area (Å²) >= 11 is 0. The number of nitrogens with one attached hydrogen (secondary N) is 1. The number of halogens is 1. The lowest BCUT2D eigenvalue weighted by Gasteiger charge is -2.07. The number of hydrogen-bond donors (Lipinski definition) is 1. The minimum atomic E-state index is -0.444. The van der Waals surface area contributed by atoms with Crippen LogP contribution in [0.5, 0.6) is 0 Å². The Balaban J connectivity index is 1.97. The van der Waals surface area contributed by atoms with Crippen LogP contribution in [0.2, 0.25) is 0 Å². The minimum absolute atomic E-state index is 0.279. The first-order valence-electron chi connectivity index (χ1n) is 6.07. The number of para-hydroxylation sites is 1. The van der Waals surface area contributed by atoms with Crippen molar-refractivity contribution in [3.8, 4) is 6.07 Å². The summed E-state index contributed by atoms with van der Waals surface area (Å²) < 4.78 is 13.4. The molecule has 4 heteroatoms. The summed E-state index contributed by atoms with van der Waals surface area (Å²) in [7, 11) is 0. The number of rotatable bonds is 2. The first-order valence-corrected chi connectivity index (χ1v) is 6.07. The van der Waals surface area contributed by atoms with Gasteiger partial charge in [0.05, 0.1) is 29.0 Å². The molecule has 0 fully saturated rings. The van der Waals surface area contributed by atoms with Gasteiger partial charge >= 0.3 is 0 Å². The molecule has 2 aromatic carbocycles. The average Bonchev–Trinajstić information content (AvgIpc) is 2.46. The molecular formula is C16H10FN3. The van der Waals surface area contributed by atoms with E-state index in [-0.39, 0.29) is 5.56 Å². The molecule has 0 atom stereocenters. The van der Waals surface area contributed by atoms with Crippen LogP contribution in [0.25, 0.3) is 10.9 Å². The molecule has 0 aliphatic carbocycles. The smallest absolute Gasteiger partial charge is 0.126 e. The Labute approximate surface area is 115 Å². The highest BCUT2D eigenvalue weighted by Gasteiger charge is 2.02. The molecule has 1 heterocycles. The van der Waals surface area contributed by atoms with Crippen LogP contribution in [0.4, 0.5) is 15.8 Å². The number of nitriles is 1. The zero-order valence-electron chi connectivity index (χ0n) is 10.5. The summed E-state index contributed by atoms with van der Waals surface area (Å²) in [5.41, 5.74) is 2.45. The molecule has 0 spiro atoms. The lowest BCUT2D eigenvalue weighted by Crippen LogP contribution is -1.93. The Hall–Kier alpha value is -2.93. The van der Waals surface area contributed by atoms with Crippen LogP contribution in [-0.4, -0.2) is 4.98 Å². The molecule has 0 radical (unpaired) electrons. The molecule has 0 bridgehead atoms. The average molecular weight is 263 g/mol. The molecular weight excluding hydrogens is 253 g/mol. The summed E-state index contributed by atoms with van der Waals surface area (Å²) in [6, 6.07) is 15.7. The van der Waals surface area contributed by atoms with Gasteiger partial charge < -0.3 is 5.32 Å². The number of benzene rings is 2. The summed E-state index contributed by atoms with van der Waals surface area (Å²) in [6.45, 7) is 0. The van der Waals surface area contributed by atoms with Gasteiger partial charge in [-0.2, -0.15) is 5.26 Å². The van der Waals surface area contributed by atoms with E-state index in [0.29, 0.717) is 5.69 Å². The Kier molecular flexibility index (Phi) is 3.02. The maximum absolute atomic E-state index is 13.4. The van der Waals surface area contributed by atoms with E-state index in [1.165, 1.54) is 12.1 Å². The summed E-state index contributed by atoms with van der Waals surface area (Å²) in [4.78, 5) is 4.32. The van der Waals surface area contributed by atoms with Crippen LogP contribution in [-0.2, 0) is 0 Å². The Morgan fingerprint density at radius 2 is 1.90 bits per heavy atom. The second-order valence-electron chi connectivity index (χ2n) is 4.38.